The summed E-state index contributed by atoms with van der Waals surface area (Å²) >= 11 is 1.82. The number of fused-ring (bicyclic) bond motifs is 1. The molecule has 0 fully saturated rings. The van der Waals surface area contributed by atoms with Gasteiger partial charge in [-0.1, -0.05) is 13.8 Å². The van der Waals surface area contributed by atoms with Crippen LogP contribution in [0.15, 0.2) is 24.3 Å². The van der Waals surface area contributed by atoms with Crippen molar-refractivity contribution in [2.24, 2.45) is 5.92 Å². The van der Waals surface area contributed by atoms with Crippen molar-refractivity contribution in [1.29, 1.82) is 0 Å². The Morgan fingerprint density at radius 2 is 2.13 bits per heavy atom. The van der Waals surface area contributed by atoms with Crippen LogP contribution in [0, 0.1) is 12.8 Å². The highest BCUT2D eigenvalue weighted by Crippen LogP contribution is 2.40. The normalized spacial score (nSPS) is 15.2. The minimum Gasteiger partial charge on any atom is -0.493 e. The Bertz CT molecular complexity index is 678. The van der Waals surface area contributed by atoms with E-state index in [0.717, 1.165) is 31.1 Å². The predicted molar refractivity (Wildman–Crippen MR) is 96.7 cm³/mol. The van der Waals surface area contributed by atoms with Crippen LogP contribution in [-0.2, 0) is 6.54 Å². The molecule has 124 valence electrons. The van der Waals surface area contributed by atoms with Crippen molar-refractivity contribution < 1.29 is 9.47 Å². The quantitative estimate of drug-likeness (QED) is 0.818. The van der Waals surface area contributed by atoms with Gasteiger partial charge in [0.1, 0.15) is 6.61 Å². The first-order valence-electron chi connectivity index (χ1n) is 8.19. The first kappa shape index (κ1) is 16.3. The maximum absolute atomic E-state index is 6.02. The Balaban J connectivity index is 1.99. The van der Waals surface area contributed by atoms with E-state index in [-0.39, 0.29) is 0 Å². The molecule has 0 saturated carbocycles. The van der Waals surface area contributed by atoms with Crippen LogP contribution in [0.3, 0.4) is 0 Å². The third kappa shape index (κ3) is 3.70. The standard InChI is InChI=1S/C19H25NO2S/c1-13(2)11-20-7-8-22-19-16(12-20)9-15(10-17(19)21-4)18-6-5-14(3)23-18/h5-6,9-10,13H,7-8,11-12H2,1-4H3. The van der Waals surface area contributed by atoms with Gasteiger partial charge in [-0.3, -0.25) is 4.90 Å². The Morgan fingerprint density at radius 3 is 2.78 bits per heavy atom. The fourth-order valence-corrected chi connectivity index (χ4v) is 3.95. The Kier molecular flexibility index (Phi) is 4.93. The molecule has 0 bridgehead atoms. The zero-order chi connectivity index (χ0) is 16.4. The number of aryl methyl sites for hydroxylation is 1. The molecule has 0 spiro atoms. The summed E-state index contributed by atoms with van der Waals surface area (Å²) in [4.78, 5) is 5.08. The summed E-state index contributed by atoms with van der Waals surface area (Å²) in [5, 5.41) is 0. The second-order valence-electron chi connectivity index (χ2n) is 6.55. The van der Waals surface area contributed by atoms with Crippen LogP contribution in [0.25, 0.3) is 10.4 Å². The average Bonchev–Trinajstić information content (AvgIpc) is 2.83. The van der Waals surface area contributed by atoms with Gasteiger partial charge >= 0.3 is 0 Å². The number of rotatable bonds is 4. The minimum absolute atomic E-state index is 0.654. The highest BCUT2D eigenvalue weighted by atomic mass is 32.1. The number of ether oxygens (including phenoxy) is 2. The molecule has 0 N–H and O–H groups in total. The molecule has 0 aliphatic carbocycles. The van der Waals surface area contributed by atoms with Crippen LogP contribution in [0.1, 0.15) is 24.3 Å². The van der Waals surface area contributed by atoms with Crippen LogP contribution >= 0.6 is 11.3 Å². The highest BCUT2D eigenvalue weighted by Gasteiger charge is 2.21. The molecule has 1 aromatic heterocycles. The summed E-state index contributed by atoms with van der Waals surface area (Å²) in [5.74, 6) is 2.41. The number of hydrogen-bond donors (Lipinski definition) is 0. The molecule has 3 nitrogen and oxygen atoms in total. The van der Waals surface area contributed by atoms with Crippen LogP contribution in [0.5, 0.6) is 11.5 Å². The monoisotopic (exact) mass is 331 g/mol. The second-order valence-corrected chi connectivity index (χ2v) is 7.84. The van der Waals surface area contributed by atoms with E-state index in [1.54, 1.807) is 7.11 Å². The number of nitrogens with zero attached hydrogens (tertiary/aromatic N) is 1. The van der Waals surface area contributed by atoms with Gasteiger partial charge in [-0.25, -0.2) is 0 Å². The maximum Gasteiger partial charge on any atom is 0.165 e. The van der Waals surface area contributed by atoms with Crippen molar-refractivity contribution in [2.45, 2.75) is 27.3 Å². The van der Waals surface area contributed by atoms with E-state index in [4.69, 9.17) is 9.47 Å². The zero-order valence-corrected chi connectivity index (χ0v) is 15.2. The fourth-order valence-electron chi connectivity index (χ4n) is 3.09. The highest BCUT2D eigenvalue weighted by molar-refractivity contribution is 7.15. The second kappa shape index (κ2) is 6.93. The van der Waals surface area contributed by atoms with E-state index in [9.17, 15) is 0 Å². The molecule has 23 heavy (non-hydrogen) atoms. The molecule has 0 radical (unpaired) electrons. The zero-order valence-electron chi connectivity index (χ0n) is 14.4. The summed E-state index contributed by atoms with van der Waals surface area (Å²) in [7, 11) is 1.72. The van der Waals surface area contributed by atoms with E-state index in [2.05, 4.69) is 49.9 Å². The maximum atomic E-state index is 6.02. The summed E-state index contributed by atoms with van der Waals surface area (Å²) in [5.41, 5.74) is 2.44. The van der Waals surface area contributed by atoms with Gasteiger partial charge in [-0.15, -0.1) is 11.3 Å². The van der Waals surface area contributed by atoms with Crippen LogP contribution in [0.4, 0.5) is 0 Å². The summed E-state index contributed by atoms with van der Waals surface area (Å²) in [6.45, 7) is 10.4. The molecule has 3 rings (SSSR count). The van der Waals surface area contributed by atoms with Crippen LogP contribution in [-0.4, -0.2) is 31.7 Å². The average molecular weight is 331 g/mol. The third-order valence-electron chi connectivity index (χ3n) is 4.05. The lowest BCUT2D eigenvalue weighted by atomic mass is 10.1. The van der Waals surface area contributed by atoms with E-state index in [0.29, 0.717) is 12.5 Å². The number of hydrogen-bond acceptors (Lipinski definition) is 4. The fraction of sp³-hybridized carbons (Fsp3) is 0.474. The molecule has 2 aromatic rings. The molecule has 1 aliphatic heterocycles. The van der Waals surface area contributed by atoms with Crippen molar-refractivity contribution in [3.8, 4) is 21.9 Å². The summed E-state index contributed by atoms with van der Waals surface area (Å²) in [6, 6.07) is 8.72. The van der Waals surface area contributed by atoms with Crippen LogP contribution < -0.4 is 9.47 Å². The van der Waals surface area contributed by atoms with Crippen molar-refractivity contribution in [3.63, 3.8) is 0 Å². The minimum atomic E-state index is 0.654. The number of benzene rings is 1. The van der Waals surface area contributed by atoms with E-state index >= 15 is 0 Å². The number of methoxy groups -OCH3 is 1. The predicted octanol–water partition coefficient (Wildman–Crippen LogP) is 4.58. The first-order valence-corrected chi connectivity index (χ1v) is 9.01. The molecular formula is C19H25NO2S. The lowest BCUT2D eigenvalue weighted by Crippen LogP contribution is -2.29. The Hall–Kier alpha value is -1.52. The van der Waals surface area contributed by atoms with Gasteiger partial charge in [0.15, 0.2) is 11.5 Å². The van der Waals surface area contributed by atoms with E-state index in [1.165, 1.54) is 20.9 Å². The van der Waals surface area contributed by atoms with E-state index < -0.39 is 0 Å². The van der Waals surface area contributed by atoms with E-state index in [1.807, 2.05) is 11.3 Å². The van der Waals surface area contributed by atoms with Gasteiger partial charge in [0.2, 0.25) is 0 Å². The lowest BCUT2D eigenvalue weighted by molar-refractivity contribution is 0.205. The third-order valence-corrected chi connectivity index (χ3v) is 5.10. The molecule has 1 aliphatic rings. The van der Waals surface area contributed by atoms with Gasteiger partial charge < -0.3 is 9.47 Å². The van der Waals surface area contributed by atoms with Gasteiger partial charge in [0.05, 0.1) is 7.11 Å². The Morgan fingerprint density at radius 1 is 1.30 bits per heavy atom. The summed E-state index contributed by atoms with van der Waals surface area (Å²) < 4.78 is 11.6. The van der Waals surface area contributed by atoms with Gasteiger partial charge in [0, 0.05) is 35.0 Å². The van der Waals surface area contributed by atoms with Crippen molar-refractivity contribution >= 4 is 11.3 Å². The van der Waals surface area contributed by atoms with Crippen molar-refractivity contribution in [3.05, 3.63) is 34.7 Å². The summed E-state index contributed by atoms with van der Waals surface area (Å²) in [6.07, 6.45) is 0. The smallest absolute Gasteiger partial charge is 0.165 e. The number of thiophene rings is 1. The molecule has 4 heteroatoms. The Labute approximate surface area is 142 Å². The molecule has 0 atom stereocenters. The molecule has 0 amide bonds. The van der Waals surface area contributed by atoms with Gasteiger partial charge in [-0.2, -0.15) is 0 Å². The first-order chi connectivity index (χ1) is 11.1. The van der Waals surface area contributed by atoms with Gasteiger partial charge in [0.25, 0.3) is 0 Å². The SMILES string of the molecule is COc1cc(-c2ccc(C)s2)cc2c1OCCN(CC(C)C)C2. The topological polar surface area (TPSA) is 21.7 Å². The van der Waals surface area contributed by atoms with Crippen molar-refractivity contribution in [2.75, 3.05) is 26.8 Å². The molecule has 2 heterocycles. The van der Waals surface area contributed by atoms with Gasteiger partial charge in [-0.05, 0) is 42.7 Å². The largest absolute Gasteiger partial charge is 0.493 e. The molecule has 1 aromatic carbocycles. The van der Waals surface area contributed by atoms with Crippen molar-refractivity contribution in [1.82, 2.24) is 4.90 Å². The lowest BCUT2D eigenvalue weighted by Gasteiger charge is -2.21. The molecular weight excluding hydrogens is 306 g/mol. The van der Waals surface area contributed by atoms with Crippen LogP contribution in [0.2, 0.25) is 0 Å². The molecule has 0 saturated heterocycles. The molecule has 0 unspecified atom stereocenters.